The molecule has 0 bridgehead atoms. The van der Waals surface area contributed by atoms with E-state index in [4.69, 9.17) is 0 Å². The Morgan fingerprint density at radius 1 is 0.812 bits per heavy atom. The van der Waals surface area contributed by atoms with E-state index < -0.39 is 0 Å². The van der Waals surface area contributed by atoms with Crippen molar-refractivity contribution in [2.45, 2.75) is 112 Å². The number of aliphatic hydroxyl groups excluding tert-OH is 2. The number of aliphatic hydroxyl groups is 2. The standard InChI is InChI=1S/C30H50O2/c1-19(2)20-10-13-26(3)16-17-29(6)21(25(20)26)8-9-23-27(4)14-12-24(32)28(5,18-31)22(27)11-15-30(23,29)7/h20-25,31-32H,1,8-18H2,2-7H3/t20-,21?,22?,23?,24-,25?,26+,27-,28-,29+,30+/m0/s1. The average molecular weight is 443 g/mol. The molecule has 5 saturated carbocycles. The monoisotopic (exact) mass is 442 g/mol. The Balaban J connectivity index is 1.54. The fraction of sp³-hybridized carbons (Fsp3) is 0.933. The lowest BCUT2D eigenvalue weighted by molar-refractivity contribution is -0.253. The van der Waals surface area contributed by atoms with Gasteiger partial charge in [-0.1, -0.05) is 46.8 Å². The van der Waals surface area contributed by atoms with Gasteiger partial charge in [0.25, 0.3) is 0 Å². The Hall–Kier alpha value is -0.340. The number of hydrogen-bond donors (Lipinski definition) is 2. The predicted octanol–water partition coefficient (Wildman–Crippen LogP) is 7.00. The smallest absolute Gasteiger partial charge is 0.0618 e. The van der Waals surface area contributed by atoms with Gasteiger partial charge in [0.1, 0.15) is 0 Å². The van der Waals surface area contributed by atoms with E-state index in [2.05, 4.69) is 48.1 Å². The molecule has 182 valence electrons. The predicted molar refractivity (Wildman–Crippen MR) is 132 cm³/mol. The molecule has 0 aliphatic heterocycles. The summed E-state index contributed by atoms with van der Waals surface area (Å²) < 4.78 is 0. The largest absolute Gasteiger partial charge is 0.396 e. The van der Waals surface area contributed by atoms with Crippen molar-refractivity contribution in [3.8, 4) is 0 Å². The van der Waals surface area contributed by atoms with E-state index in [0.29, 0.717) is 28.1 Å². The van der Waals surface area contributed by atoms with Gasteiger partial charge in [-0.15, -0.1) is 0 Å². The molecule has 0 heterocycles. The van der Waals surface area contributed by atoms with Gasteiger partial charge in [0.05, 0.1) is 12.7 Å². The molecule has 5 aliphatic carbocycles. The molecule has 0 amide bonds. The van der Waals surface area contributed by atoms with Crippen LogP contribution in [-0.2, 0) is 0 Å². The van der Waals surface area contributed by atoms with Crippen molar-refractivity contribution in [3.05, 3.63) is 12.2 Å². The van der Waals surface area contributed by atoms with Gasteiger partial charge in [-0.2, -0.15) is 0 Å². The van der Waals surface area contributed by atoms with E-state index in [-0.39, 0.29) is 23.5 Å². The zero-order valence-electron chi connectivity index (χ0n) is 21.8. The molecular formula is C30H50O2. The molecule has 0 saturated heterocycles. The fourth-order valence-electron chi connectivity index (χ4n) is 11.5. The third-order valence-electron chi connectivity index (χ3n) is 13.6. The Labute approximate surface area is 197 Å². The first-order valence-corrected chi connectivity index (χ1v) is 13.8. The van der Waals surface area contributed by atoms with Crippen molar-refractivity contribution in [1.82, 2.24) is 0 Å². The number of rotatable bonds is 2. The van der Waals surface area contributed by atoms with Crippen molar-refractivity contribution in [1.29, 1.82) is 0 Å². The Morgan fingerprint density at radius 2 is 1.53 bits per heavy atom. The molecule has 0 radical (unpaired) electrons. The lowest BCUT2D eigenvalue weighted by Crippen LogP contribution is -2.67. The molecule has 2 nitrogen and oxygen atoms in total. The van der Waals surface area contributed by atoms with E-state index in [1.807, 2.05) is 0 Å². The zero-order valence-corrected chi connectivity index (χ0v) is 21.8. The van der Waals surface area contributed by atoms with Gasteiger partial charge < -0.3 is 10.2 Å². The van der Waals surface area contributed by atoms with Crippen LogP contribution in [0.4, 0.5) is 0 Å². The van der Waals surface area contributed by atoms with Crippen molar-refractivity contribution >= 4 is 0 Å². The van der Waals surface area contributed by atoms with E-state index in [9.17, 15) is 10.2 Å². The zero-order chi connectivity index (χ0) is 23.3. The van der Waals surface area contributed by atoms with Crippen LogP contribution >= 0.6 is 0 Å². The first kappa shape index (κ1) is 23.4. The summed E-state index contributed by atoms with van der Waals surface area (Å²) in [6, 6.07) is 0. The van der Waals surface area contributed by atoms with Crippen LogP contribution in [0.3, 0.4) is 0 Å². The molecule has 0 aromatic rings. The van der Waals surface area contributed by atoms with Crippen LogP contribution in [0.5, 0.6) is 0 Å². The normalized spacial score (nSPS) is 59.5. The van der Waals surface area contributed by atoms with Crippen LogP contribution in [0.1, 0.15) is 106 Å². The highest BCUT2D eigenvalue weighted by molar-refractivity contribution is 5.21. The highest BCUT2D eigenvalue weighted by Crippen LogP contribution is 2.77. The lowest BCUT2D eigenvalue weighted by atomic mass is 9.32. The van der Waals surface area contributed by atoms with E-state index >= 15 is 0 Å². The van der Waals surface area contributed by atoms with Gasteiger partial charge >= 0.3 is 0 Å². The van der Waals surface area contributed by atoms with Gasteiger partial charge in [-0.3, -0.25) is 0 Å². The van der Waals surface area contributed by atoms with Crippen molar-refractivity contribution in [3.63, 3.8) is 0 Å². The average Bonchev–Trinajstić information content (AvgIpc) is 3.09. The molecular weight excluding hydrogens is 392 g/mol. The molecule has 11 atom stereocenters. The summed E-state index contributed by atoms with van der Waals surface area (Å²) in [5, 5.41) is 21.3. The van der Waals surface area contributed by atoms with E-state index in [1.54, 1.807) is 0 Å². The SMILES string of the molecule is C=C(C)[C@@H]1CC[C@]2(C)CC[C@]3(C)C(CCC4[C@@]5(C)CC[C@H](O)[C@@](C)(CO)C5CC[C@]43C)C12. The summed E-state index contributed by atoms with van der Waals surface area (Å²) in [7, 11) is 0. The van der Waals surface area contributed by atoms with Crippen molar-refractivity contribution < 1.29 is 10.2 Å². The van der Waals surface area contributed by atoms with Gasteiger partial charge in [-0.25, -0.2) is 0 Å². The Kier molecular flexibility index (Phi) is 5.19. The van der Waals surface area contributed by atoms with Crippen molar-refractivity contribution in [2.24, 2.45) is 56.7 Å². The first-order chi connectivity index (χ1) is 14.9. The van der Waals surface area contributed by atoms with Crippen LogP contribution in [-0.4, -0.2) is 22.9 Å². The van der Waals surface area contributed by atoms with Crippen molar-refractivity contribution in [2.75, 3.05) is 6.61 Å². The summed E-state index contributed by atoms with van der Waals surface area (Å²) in [6.45, 7) is 19.6. The highest BCUT2D eigenvalue weighted by Gasteiger charge is 2.70. The third-order valence-corrected chi connectivity index (χ3v) is 13.6. The summed E-state index contributed by atoms with van der Waals surface area (Å²) in [5.74, 6) is 3.51. The summed E-state index contributed by atoms with van der Waals surface area (Å²) in [5.41, 5.74) is 2.62. The van der Waals surface area contributed by atoms with Crippen LogP contribution in [0.15, 0.2) is 12.2 Å². The van der Waals surface area contributed by atoms with Gasteiger partial charge in [0.15, 0.2) is 0 Å². The molecule has 2 heteroatoms. The molecule has 4 unspecified atom stereocenters. The van der Waals surface area contributed by atoms with E-state index in [1.165, 1.54) is 56.9 Å². The second-order valence-electron chi connectivity index (χ2n) is 14.6. The molecule has 2 N–H and O–H groups in total. The molecule has 0 aromatic heterocycles. The molecule has 5 fully saturated rings. The van der Waals surface area contributed by atoms with Crippen LogP contribution in [0.25, 0.3) is 0 Å². The molecule has 0 spiro atoms. The third kappa shape index (κ3) is 2.66. The topological polar surface area (TPSA) is 40.5 Å². The van der Waals surface area contributed by atoms with E-state index in [0.717, 1.165) is 30.6 Å². The van der Waals surface area contributed by atoms with Gasteiger partial charge in [0, 0.05) is 5.41 Å². The minimum atomic E-state index is -0.355. The maximum atomic E-state index is 10.9. The van der Waals surface area contributed by atoms with Gasteiger partial charge in [0.2, 0.25) is 0 Å². The van der Waals surface area contributed by atoms with Crippen LogP contribution in [0.2, 0.25) is 0 Å². The van der Waals surface area contributed by atoms with Gasteiger partial charge in [-0.05, 0) is 122 Å². The molecule has 32 heavy (non-hydrogen) atoms. The Bertz CT molecular complexity index is 790. The number of fused-ring (bicyclic) bond motifs is 7. The minimum Gasteiger partial charge on any atom is -0.396 e. The Morgan fingerprint density at radius 3 is 2.19 bits per heavy atom. The quantitative estimate of drug-likeness (QED) is 0.452. The number of hydrogen-bond acceptors (Lipinski definition) is 2. The summed E-state index contributed by atoms with van der Waals surface area (Å²) >= 11 is 0. The molecule has 5 rings (SSSR count). The fourth-order valence-corrected chi connectivity index (χ4v) is 11.5. The highest BCUT2D eigenvalue weighted by atomic mass is 16.3. The second kappa shape index (κ2) is 7.09. The van der Waals surface area contributed by atoms with Crippen LogP contribution < -0.4 is 0 Å². The van der Waals surface area contributed by atoms with Crippen LogP contribution in [0, 0.1) is 56.7 Å². The molecule has 5 aliphatic rings. The first-order valence-electron chi connectivity index (χ1n) is 13.8. The molecule has 0 aromatic carbocycles. The maximum Gasteiger partial charge on any atom is 0.0618 e. The maximum absolute atomic E-state index is 10.9. The summed E-state index contributed by atoms with van der Waals surface area (Å²) in [4.78, 5) is 0. The minimum absolute atomic E-state index is 0.123. The lowest BCUT2D eigenvalue weighted by Gasteiger charge is -2.73. The second-order valence-corrected chi connectivity index (χ2v) is 14.6. The summed E-state index contributed by atoms with van der Waals surface area (Å²) in [6.07, 6.45) is 12.3. The number of allylic oxidation sites excluding steroid dienone is 1.